The van der Waals surface area contributed by atoms with Crippen molar-refractivity contribution in [3.05, 3.63) is 73.3 Å². The van der Waals surface area contributed by atoms with Crippen LogP contribution in [0.1, 0.15) is 46.5 Å². The molecule has 1 unspecified atom stereocenters. The number of likely N-dealkylation sites (tertiary alicyclic amines) is 1. The monoisotopic (exact) mass is 686 g/mol. The van der Waals surface area contributed by atoms with Crippen molar-refractivity contribution in [3.63, 3.8) is 0 Å². The zero-order chi connectivity index (χ0) is 34.7. The van der Waals surface area contributed by atoms with Crippen molar-refractivity contribution in [3.8, 4) is 17.1 Å². The molecule has 2 saturated carbocycles. The van der Waals surface area contributed by atoms with E-state index in [4.69, 9.17) is 19.6 Å². The van der Waals surface area contributed by atoms with Gasteiger partial charge in [-0.15, -0.1) is 6.58 Å². The van der Waals surface area contributed by atoms with Gasteiger partial charge in [-0.2, -0.15) is 9.61 Å². The number of ether oxygens (including phenoxy) is 2. The Morgan fingerprint density at radius 2 is 1.78 bits per heavy atom. The van der Waals surface area contributed by atoms with Gasteiger partial charge in [0.1, 0.15) is 23.3 Å². The Balaban J connectivity index is 1.19. The average molecular weight is 687 g/mol. The summed E-state index contributed by atoms with van der Waals surface area (Å²) >= 11 is 0. The van der Waals surface area contributed by atoms with Gasteiger partial charge in [-0.25, -0.2) is 18.2 Å². The van der Waals surface area contributed by atoms with E-state index in [1.54, 1.807) is 31.4 Å². The third-order valence-electron chi connectivity index (χ3n) is 9.05. The third kappa shape index (κ3) is 6.32. The molecular weight excluding hydrogens is 648 g/mol. The van der Waals surface area contributed by atoms with Crippen LogP contribution in [0.25, 0.3) is 27.8 Å². The first-order chi connectivity index (χ1) is 23.3. The molecule has 14 heteroatoms. The number of hydrogen-bond acceptors (Lipinski definition) is 9. The molecule has 4 aromatic rings. The molecule has 49 heavy (non-hydrogen) atoms. The van der Waals surface area contributed by atoms with Crippen LogP contribution in [0.4, 0.5) is 4.79 Å². The van der Waals surface area contributed by atoms with E-state index in [0.717, 1.165) is 16.5 Å². The van der Waals surface area contributed by atoms with Gasteiger partial charge in [0.15, 0.2) is 5.65 Å². The van der Waals surface area contributed by atoms with Crippen LogP contribution < -0.4 is 14.8 Å². The zero-order valence-corrected chi connectivity index (χ0v) is 28.3. The van der Waals surface area contributed by atoms with E-state index in [9.17, 15) is 22.8 Å². The summed E-state index contributed by atoms with van der Waals surface area (Å²) in [7, 11) is -3.86. The molecule has 3 aliphatic rings. The van der Waals surface area contributed by atoms with Gasteiger partial charge in [-0.3, -0.25) is 19.2 Å². The van der Waals surface area contributed by atoms with E-state index >= 15 is 0 Å². The Bertz CT molecular complexity index is 2090. The van der Waals surface area contributed by atoms with E-state index in [1.807, 2.05) is 54.6 Å². The van der Waals surface area contributed by atoms with Crippen molar-refractivity contribution >= 4 is 44.5 Å². The minimum Gasteiger partial charge on any atom is -0.472 e. The van der Waals surface area contributed by atoms with Crippen molar-refractivity contribution in [1.82, 2.24) is 29.5 Å². The van der Waals surface area contributed by atoms with Gasteiger partial charge in [0, 0.05) is 29.4 Å². The van der Waals surface area contributed by atoms with E-state index in [1.165, 1.54) is 11.0 Å². The van der Waals surface area contributed by atoms with Crippen LogP contribution in [-0.2, 0) is 24.3 Å². The molecule has 2 aromatic heterocycles. The molecule has 13 nitrogen and oxygen atoms in total. The fraction of sp³-hybridized carbons (Fsp3) is 0.400. The lowest BCUT2D eigenvalue weighted by Crippen LogP contribution is -2.56. The zero-order valence-electron chi connectivity index (χ0n) is 27.5. The molecule has 1 saturated heterocycles. The number of aromatic nitrogens is 3. The Hall–Kier alpha value is -4.98. The van der Waals surface area contributed by atoms with Crippen LogP contribution in [0.5, 0.6) is 5.88 Å². The lowest BCUT2D eigenvalue weighted by molar-refractivity contribution is -0.131. The second kappa shape index (κ2) is 11.9. The van der Waals surface area contributed by atoms with E-state index in [2.05, 4.69) is 16.6 Å². The molecule has 3 amide bonds. The molecule has 4 atom stereocenters. The maximum absolute atomic E-state index is 14.0. The number of benzene rings is 2. The average Bonchev–Trinajstić information content (AvgIpc) is 3.96. The molecule has 0 spiro atoms. The minimum atomic E-state index is -3.86. The van der Waals surface area contributed by atoms with Crippen molar-refractivity contribution in [1.29, 1.82) is 0 Å². The van der Waals surface area contributed by atoms with E-state index in [-0.39, 0.29) is 19.4 Å². The molecule has 0 radical (unpaired) electrons. The maximum atomic E-state index is 14.0. The standard InChI is InChI=1S/C35H38N6O7S/c1-5-22-19-35(22,32(43)39-49(45,46)24-15-16-24)37-31(42)28-17-23(20-40(28)33(44)48-34(2,3)4)47-29-18-27(21-11-7-6-8-12-21)36-30-25-13-9-10-14-26(25)38-41(29)30/h5-14,18,22-24,28H,1,15-17,19-20H2,2-4H3,(H,37,42)(H,39,43)/t22-,23-,28+,35?/m1/s1. The van der Waals surface area contributed by atoms with Crippen molar-refractivity contribution < 1.29 is 32.3 Å². The van der Waals surface area contributed by atoms with Gasteiger partial charge in [0.25, 0.3) is 5.91 Å². The van der Waals surface area contributed by atoms with Gasteiger partial charge < -0.3 is 14.8 Å². The van der Waals surface area contributed by atoms with Gasteiger partial charge in [-0.1, -0.05) is 48.5 Å². The summed E-state index contributed by atoms with van der Waals surface area (Å²) in [5, 5.41) is 7.73. The smallest absolute Gasteiger partial charge is 0.411 e. The number of amides is 3. The Kier molecular flexibility index (Phi) is 7.88. The molecule has 0 bridgehead atoms. The van der Waals surface area contributed by atoms with Crippen molar-refractivity contribution in [2.45, 2.75) is 75.0 Å². The topological polar surface area (TPSA) is 161 Å². The second-order valence-electron chi connectivity index (χ2n) is 13.9. The van der Waals surface area contributed by atoms with Gasteiger partial charge in [0.2, 0.25) is 21.8 Å². The van der Waals surface area contributed by atoms with Crippen LogP contribution in [-0.4, -0.2) is 80.9 Å². The van der Waals surface area contributed by atoms with Crippen LogP contribution in [0.15, 0.2) is 73.3 Å². The number of fused-ring (bicyclic) bond motifs is 3. The number of nitrogens with one attached hydrogen (secondary N) is 2. The fourth-order valence-electron chi connectivity index (χ4n) is 6.29. The summed E-state index contributed by atoms with van der Waals surface area (Å²) in [4.78, 5) is 47.1. The van der Waals surface area contributed by atoms with Crippen LogP contribution in [0.3, 0.4) is 0 Å². The summed E-state index contributed by atoms with van der Waals surface area (Å²) in [6, 6.07) is 17.9. The first-order valence-electron chi connectivity index (χ1n) is 16.3. The highest BCUT2D eigenvalue weighted by Crippen LogP contribution is 2.45. The number of nitrogens with zero attached hydrogens (tertiary/aromatic N) is 4. The van der Waals surface area contributed by atoms with Gasteiger partial charge >= 0.3 is 6.09 Å². The minimum absolute atomic E-state index is 0.00157. The third-order valence-corrected chi connectivity index (χ3v) is 10.9. The molecule has 2 aliphatic carbocycles. The highest BCUT2D eigenvalue weighted by molar-refractivity contribution is 7.91. The summed E-state index contributed by atoms with van der Waals surface area (Å²) in [6.45, 7) is 8.94. The largest absolute Gasteiger partial charge is 0.472 e. The van der Waals surface area contributed by atoms with Crippen LogP contribution in [0.2, 0.25) is 0 Å². The normalized spacial score (nSPS) is 23.7. The molecule has 3 fully saturated rings. The molecule has 2 aromatic carbocycles. The molecule has 1 aliphatic heterocycles. The van der Waals surface area contributed by atoms with Crippen LogP contribution >= 0.6 is 0 Å². The summed E-state index contributed by atoms with van der Waals surface area (Å²) in [5.41, 5.74) is 0.475. The molecule has 3 heterocycles. The highest BCUT2D eigenvalue weighted by atomic mass is 32.2. The van der Waals surface area contributed by atoms with Crippen molar-refractivity contribution in [2.24, 2.45) is 5.92 Å². The number of carbonyl (C=O) groups excluding carboxylic acids is 3. The highest BCUT2D eigenvalue weighted by Gasteiger charge is 2.62. The number of rotatable bonds is 9. The molecule has 7 rings (SSSR count). The first-order valence-corrected chi connectivity index (χ1v) is 17.8. The number of carbonyl (C=O) groups is 3. The van der Waals surface area contributed by atoms with Gasteiger partial charge in [0.05, 0.1) is 23.0 Å². The second-order valence-corrected chi connectivity index (χ2v) is 15.9. The molecule has 2 N–H and O–H groups in total. The Morgan fingerprint density at radius 3 is 2.45 bits per heavy atom. The van der Waals surface area contributed by atoms with E-state index in [0.29, 0.717) is 30.1 Å². The first kappa shape index (κ1) is 32.6. The van der Waals surface area contributed by atoms with Crippen molar-refractivity contribution in [2.75, 3.05) is 6.54 Å². The lowest BCUT2D eigenvalue weighted by atomic mass is 10.1. The van der Waals surface area contributed by atoms with Gasteiger partial charge in [-0.05, 0) is 52.2 Å². The predicted octanol–water partition coefficient (Wildman–Crippen LogP) is 3.98. The quantitative estimate of drug-likeness (QED) is 0.248. The predicted molar refractivity (Wildman–Crippen MR) is 181 cm³/mol. The number of hydrogen-bond donors (Lipinski definition) is 2. The Labute approximate surface area is 283 Å². The van der Waals surface area contributed by atoms with Crippen LogP contribution in [0, 0.1) is 5.92 Å². The lowest BCUT2D eigenvalue weighted by Gasteiger charge is -2.29. The Morgan fingerprint density at radius 1 is 1.06 bits per heavy atom. The molecule has 256 valence electrons. The summed E-state index contributed by atoms with van der Waals surface area (Å²) in [5.74, 6) is -1.56. The summed E-state index contributed by atoms with van der Waals surface area (Å²) in [6.07, 6.45) is 1.31. The molecular formula is C35H38N6O7S. The fourth-order valence-corrected chi connectivity index (χ4v) is 7.65. The summed E-state index contributed by atoms with van der Waals surface area (Å²) < 4.78 is 41.2. The maximum Gasteiger partial charge on any atom is 0.411 e. The number of sulfonamides is 1. The SMILES string of the molecule is C=C[C@@H]1CC1(NC(=O)[C@@H]1C[C@@H](Oc2cc(-c3ccccc3)nc3c4ccccc4nn23)CN1C(=O)OC(C)(C)C)C(=O)NS(=O)(=O)C1CC1. The van der Waals surface area contributed by atoms with E-state index < -0.39 is 62.4 Å².